The van der Waals surface area contributed by atoms with Crippen LogP contribution in [0.3, 0.4) is 0 Å². The van der Waals surface area contributed by atoms with E-state index in [0.29, 0.717) is 6.42 Å². The zero-order valence-electron chi connectivity index (χ0n) is 10.7. The molecule has 0 spiro atoms. The zero-order chi connectivity index (χ0) is 14.5. The molecule has 1 aromatic carbocycles. The van der Waals surface area contributed by atoms with Gasteiger partial charge < -0.3 is 4.74 Å². The van der Waals surface area contributed by atoms with Gasteiger partial charge in [-0.2, -0.15) is 0 Å². The van der Waals surface area contributed by atoms with Gasteiger partial charge in [-0.15, -0.1) is 6.42 Å². The second-order valence-corrected chi connectivity index (χ2v) is 4.46. The molecule has 0 unspecified atom stereocenters. The third-order valence-electron chi connectivity index (χ3n) is 2.63. The van der Waals surface area contributed by atoms with Crippen molar-refractivity contribution in [1.82, 2.24) is 5.32 Å². The van der Waals surface area contributed by atoms with E-state index >= 15 is 0 Å². The molecule has 1 N–H and O–H groups in total. The number of carbonyl (C=O) groups excluding carboxylic acids is 2. The number of hydrogen-bond donors (Lipinski definition) is 1. The predicted octanol–water partition coefficient (Wildman–Crippen LogP) is 3.01. The number of ether oxygens (including phenoxy) is 1. The highest BCUT2D eigenvalue weighted by atomic mass is 35.5. The predicted molar refractivity (Wildman–Crippen MR) is 72.9 cm³/mol. The Kier molecular flexibility index (Phi) is 4.96. The highest BCUT2D eigenvalue weighted by Crippen LogP contribution is 2.16. The van der Waals surface area contributed by atoms with Gasteiger partial charge in [-0.05, 0) is 25.5 Å². The van der Waals surface area contributed by atoms with E-state index in [1.165, 1.54) is 6.07 Å². The van der Waals surface area contributed by atoms with Gasteiger partial charge in [0.05, 0.1) is 10.6 Å². The topological polar surface area (TPSA) is 55.4 Å². The summed E-state index contributed by atoms with van der Waals surface area (Å²) in [6.07, 6.45) is 4.82. The van der Waals surface area contributed by atoms with Crippen LogP contribution in [0.5, 0.6) is 0 Å². The van der Waals surface area contributed by atoms with Crippen LogP contribution in [0, 0.1) is 12.3 Å². The van der Waals surface area contributed by atoms with Crippen molar-refractivity contribution in [2.75, 3.05) is 0 Å². The summed E-state index contributed by atoms with van der Waals surface area (Å²) in [5.41, 5.74) is -0.842. The van der Waals surface area contributed by atoms with E-state index in [0.717, 1.165) is 0 Å². The van der Waals surface area contributed by atoms with Gasteiger partial charge in [0.15, 0.2) is 5.60 Å². The van der Waals surface area contributed by atoms with Crippen LogP contribution in [-0.2, 0) is 4.74 Å². The number of imide groups is 1. The molecule has 2 amide bonds. The second-order valence-electron chi connectivity index (χ2n) is 4.05. The van der Waals surface area contributed by atoms with Gasteiger partial charge in [0.2, 0.25) is 0 Å². The second kappa shape index (κ2) is 6.26. The number of alkyl carbamates (subject to hydrolysis) is 1. The standard InChI is InChI=1S/C14H14ClNO3/c1-4-14(3,5-2)19-13(18)16-12(17)10-8-6-7-9-11(10)15/h1,6-9H,5H2,2-3H3,(H,16,17,18)/t14-/m1/s1. The third-order valence-corrected chi connectivity index (χ3v) is 2.96. The maximum Gasteiger partial charge on any atom is 0.415 e. The Morgan fingerprint density at radius 2 is 2.11 bits per heavy atom. The highest BCUT2D eigenvalue weighted by molar-refractivity contribution is 6.34. The molecule has 0 heterocycles. The Labute approximate surface area is 117 Å². The molecule has 0 radical (unpaired) electrons. The summed E-state index contributed by atoms with van der Waals surface area (Å²) in [5.74, 6) is 1.73. The summed E-state index contributed by atoms with van der Waals surface area (Å²) in [6.45, 7) is 3.37. The van der Waals surface area contributed by atoms with Crippen molar-refractivity contribution in [3.8, 4) is 12.3 Å². The molecule has 1 aromatic rings. The molecule has 0 saturated carbocycles. The zero-order valence-corrected chi connectivity index (χ0v) is 11.5. The number of carbonyl (C=O) groups is 2. The minimum Gasteiger partial charge on any atom is -0.430 e. The van der Waals surface area contributed by atoms with Gasteiger partial charge in [0, 0.05) is 0 Å². The van der Waals surface area contributed by atoms with Crippen molar-refractivity contribution in [3.63, 3.8) is 0 Å². The number of terminal acetylenes is 1. The smallest absolute Gasteiger partial charge is 0.415 e. The minimum atomic E-state index is -1.04. The molecule has 0 aliphatic rings. The van der Waals surface area contributed by atoms with E-state index in [4.69, 9.17) is 22.8 Å². The number of benzene rings is 1. The molecule has 0 aromatic heterocycles. The quantitative estimate of drug-likeness (QED) is 0.866. The minimum absolute atomic E-state index is 0.194. The SMILES string of the molecule is C#C[C@](C)(CC)OC(=O)NC(=O)c1ccccc1Cl. The van der Waals surface area contributed by atoms with Crippen molar-refractivity contribution in [2.45, 2.75) is 25.9 Å². The summed E-state index contributed by atoms with van der Waals surface area (Å²) in [4.78, 5) is 23.4. The van der Waals surface area contributed by atoms with Crippen LogP contribution < -0.4 is 5.32 Å². The van der Waals surface area contributed by atoms with E-state index < -0.39 is 17.6 Å². The Morgan fingerprint density at radius 1 is 1.47 bits per heavy atom. The molecular weight excluding hydrogens is 266 g/mol. The lowest BCUT2D eigenvalue weighted by atomic mass is 10.1. The van der Waals surface area contributed by atoms with E-state index in [1.54, 1.807) is 32.0 Å². The number of halogens is 1. The fraction of sp³-hybridized carbons (Fsp3) is 0.286. The van der Waals surface area contributed by atoms with Crippen molar-refractivity contribution < 1.29 is 14.3 Å². The maximum absolute atomic E-state index is 11.8. The normalized spacial score (nSPS) is 12.9. The van der Waals surface area contributed by atoms with Crippen LogP contribution in [0.15, 0.2) is 24.3 Å². The van der Waals surface area contributed by atoms with Crippen LogP contribution in [0.1, 0.15) is 30.6 Å². The van der Waals surface area contributed by atoms with E-state index in [1.807, 2.05) is 0 Å². The van der Waals surface area contributed by atoms with Gasteiger partial charge in [0.1, 0.15) is 0 Å². The molecule has 0 saturated heterocycles. The van der Waals surface area contributed by atoms with Gasteiger partial charge in [-0.3, -0.25) is 10.1 Å². The molecular formula is C14H14ClNO3. The fourth-order valence-corrected chi connectivity index (χ4v) is 1.46. The number of hydrogen-bond acceptors (Lipinski definition) is 3. The fourth-order valence-electron chi connectivity index (χ4n) is 1.24. The first-order chi connectivity index (χ1) is 8.91. The summed E-state index contributed by atoms with van der Waals surface area (Å²) in [5, 5.41) is 2.33. The summed E-state index contributed by atoms with van der Waals surface area (Å²) in [7, 11) is 0. The van der Waals surface area contributed by atoms with E-state index in [9.17, 15) is 9.59 Å². The monoisotopic (exact) mass is 279 g/mol. The lowest BCUT2D eigenvalue weighted by Gasteiger charge is -2.21. The average molecular weight is 280 g/mol. The molecule has 19 heavy (non-hydrogen) atoms. The van der Waals surface area contributed by atoms with Crippen LogP contribution >= 0.6 is 11.6 Å². The first-order valence-corrected chi connectivity index (χ1v) is 6.06. The van der Waals surface area contributed by atoms with E-state index in [-0.39, 0.29) is 10.6 Å². The van der Waals surface area contributed by atoms with Crippen LogP contribution in [0.4, 0.5) is 4.79 Å². The first-order valence-electron chi connectivity index (χ1n) is 5.68. The molecule has 100 valence electrons. The van der Waals surface area contributed by atoms with Gasteiger partial charge in [-0.25, -0.2) is 4.79 Å². The third kappa shape index (κ3) is 4.01. The van der Waals surface area contributed by atoms with Crippen LogP contribution in [0.2, 0.25) is 5.02 Å². The number of nitrogens with one attached hydrogen (secondary N) is 1. The largest absolute Gasteiger partial charge is 0.430 e. The van der Waals surface area contributed by atoms with Crippen LogP contribution in [0.25, 0.3) is 0 Å². The lowest BCUT2D eigenvalue weighted by Crippen LogP contribution is -2.38. The molecule has 0 aliphatic heterocycles. The molecule has 0 fully saturated rings. The molecule has 1 atom stereocenters. The lowest BCUT2D eigenvalue weighted by molar-refractivity contribution is 0.0602. The molecule has 5 heteroatoms. The van der Waals surface area contributed by atoms with Crippen LogP contribution in [-0.4, -0.2) is 17.6 Å². The molecule has 1 rings (SSSR count). The Morgan fingerprint density at radius 3 is 2.63 bits per heavy atom. The van der Waals surface area contributed by atoms with E-state index in [2.05, 4.69) is 11.2 Å². The Hall–Kier alpha value is -1.99. The average Bonchev–Trinajstić information content (AvgIpc) is 2.38. The van der Waals surface area contributed by atoms with Gasteiger partial charge in [0.25, 0.3) is 5.91 Å². The first kappa shape index (κ1) is 15.1. The van der Waals surface area contributed by atoms with Gasteiger partial charge >= 0.3 is 6.09 Å². The van der Waals surface area contributed by atoms with Crippen molar-refractivity contribution >= 4 is 23.6 Å². The molecule has 0 aliphatic carbocycles. The number of amides is 2. The van der Waals surface area contributed by atoms with Crippen molar-refractivity contribution in [1.29, 1.82) is 0 Å². The Bertz CT molecular complexity index is 536. The molecule has 4 nitrogen and oxygen atoms in total. The molecule has 0 bridgehead atoms. The van der Waals surface area contributed by atoms with Crippen molar-refractivity contribution in [2.24, 2.45) is 0 Å². The summed E-state index contributed by atoms with van der Waals surface area (Å²) >= 11 is 5.84. The van der Waals surface area contributed by atoms with Crippen molar-refractivity contribution in [3.05, 3.63) is 34.9 Å². The summed E-state index contributed by atoms with van der Waals surface area (Å²) < 4.78 is 5.02. The van der Waals surface area contributed by atoms with Gasteiger partial charge in [-0.1, -0.05) is 36.6 Å². The maximum atomic E-state index is 11.8. The summed E-state index contributed by atoms with van der Waals surface area (Å²) in [6, 6.07) is 6.39. The highest BCUT2D eigenvalue weighted by Gasteiger charge is 2.25. The Balaban J connectivity index is 2.71. The number of rotatable bonds is 3.